The summed E-state index contributed by atoms with van der Waals surface area (Å²) in [5.74, 6) is -4.34. The molecule has 54 heavy (non-hydrogen) atoms. The van der Waals surface area contributed by atoms with Crippen molar-refractivity contribution in [3.63, 3.8) is 0 Å². The fourth-order valence-corrected chi connectivity index (χ4v) is 8.68. The molecule has 0 aliphatic heterocycles. The largest absolute Gasteiger partial charge is 1.00 e. The van der Waals surface area contributed by atoms with Gasteiger partial charge in [-0.2, -0.15) is 0 Å². The van der Waals surface area contributed by atoms with Gasteiger partial charge in [0.05, 0.1) is 20.9 Å². The van der Waals surface area contributed by atoms with Crippen molar-refractivity contribution in [3.8, 4) is 0 Å². The van der Waals surface area contributed by atoms with Crippen LogP contribution < -0.4 is 140 Å². The zero-order valence-electron chi connectivity index (χ0n) is 28.7. The molecule has 1 aliphatic carbocycles. The van der Waals surface area contributed by atoms with Crippen LogP contribution in [0.1, 0.15) is 26.3 Å². The van der Waals surface area contributed by atoms with Gasteiger partial charge in [0, 0.05) is 28.7 Å². The van der Waals surface area contributed by atoms with Gasteiger partial charge in [-0.15, -0.1) is 0 Å². The minimum atomic E-state index is -6.10. The Kier molecular flexibility index (Phi) is 19.8. The Hall–Kier alpha value is -0.940. The summed E-state index contributed by atoms with van der Waals surface area (Å²) in [4.78, 5) is 23.6. The van der Waals surface area contributed by atoms with E-state index in [1.54, 1.807) is 0 Å². The molecule has 18 nitrogen and oxygen atoms in total. The van der Waals surface area contributed by atoms with Crippen molar-refractivity contribution in [1.82, 2.24) is 5.32 Å². The first-order valence-corrected chi connectivity index (χ1v) is 19.0. The molecule has 4 rings (SSSR count). The Morgan fingerprint density at radius 1 is 0.648 bits per heavy atom. The molecule has 266 valence electrons. The van der Waals surface area contributed by atoms with Gasteiger partial charge >= 0.3 is 118 Å². The third-order valence-corrected chi connectivity index (χ3v) is 12.4. The smallest absolute Gasteiger partial charge is 0.746 e. The van der Waals surface area contributed by atoms with E-state index in [2.05, 4.69) is 5.32 Å². The predicted octanol–water partition coefficient (Wildman–Crippen LogP) is -11.8. The van der Waals surface area contributed by atoms with Crippen LogP contribution in [0.4, 0.5) is 17.1 Å². The van der Waals surface area contributed by atoms with E-state index in [9.17, 15) is 61.5 Å². The van der Waals surface area contributed by atoms with Crippen molar-refractivity contribution in [2.24, 2.45) is 5.92 Å². The van der Waals surface area contributed by atoms with Crippen LogP contribution >= 0.6 is 0 Å². The summed E-state index contributed by atoms with van der Waals surface area (Å²) in [5, 5.41) is 4.34. The second-order valence-corrected chi connectivity index (χ2v) is 16.5. The van der Waals surface area contributed by atoms with E-state index < -0.39 is 88.9 Å². The van der Waals surface area contributed by atoms with E-state index in [4.69, 9.17) is 11.5 Å². The maximum atomic E-state index is 12.9. The molecule has 0 spiro atoms. The van der Waals surface area contributed by atoms with Gasteiger partial charge in [-0.1, -0.05) is 30.4 Å². The maximum Gasteiger partial charge on any atom is 1.00 e. The molecule has 0 saturated carbocycles. The number of anilines is 3. The van der Waals surface area contributed by atoms with Crippen LogP contribution in [-0.4, -0.2) is 67.8 Å². The zero-order valence-corrected chi connectivity index (χ0v) is 40.0. The molecule has 0 aromatic heterocycles. The monoisotopic (exact) mass is 858 g/mol. The molecule has 26 heteroatoms. The number of nitrogen functional groups attached to an aromatic ring is 2. The molecule has 3 aromatic carbocycles. The molecule has 1 atom stereocenters. The molecule has 0 saturated heterocycles. The standard InChI is InChI=1S/C28H26N4O14S4.4Na/c29-18-6-11-22(24(13-18)47(35,36)37)26(33)31-20-8-2-16(3-9-20)1-4-17-5-10-21(15-28(17,49(41,42)43)50(44,45)46)32-27(34)23-12-7-19(30)14-25(23)48(38,39)40;;;;/h1-15,17H,29-30H2,(H,31,33)(H,32,34)(H,35,36,37)(H,38,39,40)(H,41,42,43)(H,44,45,46);;;;/q;4*+1/p-4. The van der Waals surface area contributed by atoms with E-state index in [-0.39, 0.29) is 147 Å². The number of amides is 2. The number of carbonyl (C=O) groups excluding carboxylic acids is 2. The number of benzene rings is 3. The number of rotatable bonds is 10. The van der Waals surface area contributed by atoms with E-state index in [1.165, 1.54) is 30.3 Å². The fraction of sp³-hybridized carbons (Fsp3) is 0.0714. The van der Waals surface area contributed by atoms with Crippen molar-refractivity contribution in [1.29, 1.82) is 0 Å². The molecular weight excluding hydrogens is 837 g/mol. The second-order valence-electron chi connectivity index (χ2n) is 10.4. The summed E-state index contributed by atoms with van der Waals surface area (Å²) in [7, 11) is -22.5. The molecular formula is C28H22N4Na4O14S4. The molecule has 0 heterocycles. The number of allylic oxidation sites excluding steroid dienone is 3. The van der Waals surface area contributed by atoms with E-state index in [1.807, 2.05) is 5.32 Å². The first-order valence-electron chi connectivity index (χ1n) is 13.4. The first kappa shape index (κ1) is 53.1. The van der Waals surface area contributed by atoms with Crippen LogP contribution in [0.25, 0.3) is 6.08 Å². The zero-order chi connectivity index (χ0) is 37.4. The van der Waals surface area contributed by atoms with Gasteiger partial charge < -0.3 is 40.3 Å². The SMILES string of the molecule is Nc1ccc(C(=O)NC2=CC(S(=O)(=O)[O-])(S(=O)(=O)[O-])C(C=Cc3ccc(NC(=O)c4ccc(N)cc4S(=O)(=O)[O-])cc3)C=C2)c(S(=O)(=O)[O-])c1.[Na+].[Na+].[Na+].[Na+]. The summed E-state index contributed by atoms with van der Waals surface area (Å²) >= 11 is 0. The second kappa shape index (κ2) is 20.2. The summed E-state index contributed by atoms with van der Waals surface area (Å²) in [6, 6.07) is 10.8. The van der Waals surface area contributed by atoms with E-state index in [0.29, 0.717) is 6.07 Å². The van der Waals surface area contributed by atoms with Crippen LogP contribution in [0, 0.1) is 5.92 Å². The topological polar surface area (TPSA) is 339 Å². The molecule has 0 bridgehead atoms. The van der Waals surface area contributed by atoms with Crippen LogP contribution in [0.3, 0.4) is 0 Å². The van der Waals surface area contributed by atoms with Gasteiger partial charge in [-0.3, -0.25) is 9.59 Å². The normalized spacial score (nSPS) is 15.3. The Morgan fingerprint density at radius 2 is 1.07 bits per heavy atom. The van der Waals surface area contributed by atoms with Crippen molar-refractivity contribution in [3.05, 3.63) is 107 Å². The third-order valence-electron chi connectivity index (χ3n) is 7.05. The van der Waals surface area contributed by atoms with Gasteiger partial charge in [0.25, 0.3) is 11.8 Å². The Morgan fingerprint density at radius 3 is 1.48 bits per heavy atom. The summed E-state index contributed by atoms with van der Waals surface area (Å²) in [5.41, 5.74) is 8.99. The van der Waals surface area contributed by atoms with Gasteiger partial charge in [0.1, 0.15) is 40.5 Å². The van der Waals surface area contributed by atoms with E-state index >= 15 is 0 Å². The molecule has 0 fully saturated rings. The van der Waals surface area contributed by atoms with E-state index in [0.717, 1.165) is 48.6 Å². The van der Waals surface area contributed by atoms with Gasteiger partial charge in [0.15, 0.2) is 4.08 Å². The Labute approximate surface area is 398 Å². The number of hydrogen-bond acceptors (Lipinski definition) is 16. The number of hydrogen-bond donors (Lipinski definition) is 4. The van der Waals surface area contributed by atoms with Crippen molar-refractivity contribution >= 4 is 75.4 Å². The molecule has 1 aliphatic rings. The number of carbonyl (C=O) groups is 2. The Balaban J connectivity index is 0.00000702. The van der Waals surface area contributed by atoms with Crippen LogP contribution in [0.2, 0.25) is 0 Å². The van der Waals surface area contributed by atoms with Gasteiger partial charge in [-0.25, -0.2) is 33.7 Å². The number of nitrogens with two attached hydrogens (primary N) is 2. The minimum Gasteiger partial charge on any atom is -0.746 e. The molecule has 0 radical (unpaired) electrons. The fourth-order valence-electron chi connectivity index (χ4n) is 4.74. The molecule has 6 N–H and O–H groups in total. The molecule has 2 amide bonds. The minimum absolute atomic E-state index is 0. The number of nitrogens with one attached hydrogen (secondary N) is 2. The first-order chi connectivity index (χ1) is 22.9. The van der Waals surface area contributed by atoms with Crippen LogP contribution in [-0.2, 0) is 40.5 Å². The van der Waals surface area contributed by atoms with Crippen LogP contribution in [0.15, 0.2) is 100 Å². The van der Waals surface area contributed by atoms with Gasteiger partial charge in [0.2, 0.25) is 0 Å². The van der Waals surface area contributed by atoms with Crippen molar-refractivity contribution in [2.45, 2.75) is 13.9 Å². The maximum absolute atomic E-state index is 12.9. The van der Waals surface area contributed by atoms with Crippen molar-refractivity contribution in [2.75, 3.05) is 16.8 Å². The quantitative estimate of drug-likeness (QED) is 0.0835. The average molecular weight is 859 g/mol. The Bertz CT molecular complexity index is 2430. The van der Waals surface area contributed by atoms with Crippen LogP contribution in [0.5, 0.6) is 0 Å². The van der Waals surface area contributed by atoms with Gasteiger partial charge in [-0.05, 0) is 66.2 Å². The molecule has 3 aromatic rings. The summed E-state index contributed by atoms with van der Waals surface area (Å²) < 4.78 is 141. The average Bonchev–Trinajstić information content (AvgIpc) is 2.98. The summed E-state index contributed by atoms with van der Waals surface area (Å²) in [6.45, 7) is 0. The summed E-state index contributed by atoms with van der Waals surface area (Å²) in [6.07, 6.45) is 3.90. The van der Waals surface area contributed by atoms with Crippen molar-refractivity contribution < 1.29 is 180 Å². The predicted molar refractivity (Wildman–Crippen MR) is 171 cm³/mol. The molecule has 1 unspecified atom stereocenters. The third kappa shape index (κ3) is 12.3.